The molecular formula is C26H17ClN2OS. The lowest BCUT2D eigenvalue weighted by Gasteiger charge is -2.09. The fourth-order valence-electron chi connectivity index (χ4n) is 3.54. The highest BCUT2D eigenvalue weighted by Gasteiger charge is 2.12. The third kappa shape index (κ3) is 3.96. The first-order chi connectivity index (χ1) is 15.2. The zero-order chi connectivity index (χ0) is 21.2. The average molecular weight is 441 g/mol. The molecule has 0 atom stereocenters. The van der Waals surface area contributed by atoms with Crippen molar-refractivity contribution in [3.05, 3.63) is 107 Å². The Morgan fingerprint density at radius 1 is 0.871 bits per heavy atom. The van der Waals surface area contributed by atoms with E-state index in [1.54, 1.807) is 11.3 Å². The van der Waals surface area contributed by atoms with Crippen LogP contribution in [0.5, 0.6) is 0 Å². The molecule has 0 bridgehead atoms. The van der Waals surface area contributed by atoms with Gasteiger partial charge in [-0.15, -0.1) is 11.3 Å². The molecule has 31 heavy (non-hydrogen) atoms. The van der Waals surface area contributed by atoms with E-state index in [2.05, 4.69) is 5.32 Å². The van der Waals surface area contributed by atoms with E-state index >= 15 is 0 Å². The summed E-state index contributed by atoms with van der Waals surface area (Å²) >= 11 is 7.86. The van der Waals surface area contributed by atoms with Crippen molar-refractivity contribution >= 4 is 45.3 Å². The molecule has 0 aliphatic carbocycles. The standard InChI is InChI=1S/C26H17ClN2OS/c27-23-14-4-3-12-22(23)26-29-24(16-31-26)18-9-5-10-19(15-18)28-25(30)21-13-6-8-17-7-1-2-11-20(17)21/h1-16H,(H,28,30). The monoisotopic (exact) mass is 440 g/mol. The Kier molecular flexibility index (Phi) is 5.24. The van der Waals surface area contributed by atoms with E-state index in [9.17, 15) is 4.79 Å². The number of nitrogens with one attached hydrogen (secondary N) is 1. The summed E-state index contributed by atoms with van der Waals surface area (Å²) in [6.07, 6.45) is 0. The number of aromatic nitrogens is 1. The van der Waals surface area contributed by atoms with Crippen LogP contribution in [-0.4, -0.2) is 10.9 Å². The fourth-order valence-corrected chi connectivity index (χ4v) is 4.69. The van der Waals surface area contributed by atoms with Gasteiger partial charge in [0, 0.05) is 27.8 Å². The molecule has 5 heteroatoms. The minimum Gasteiger partial charge on any atom is -0.322 e. The highest BCUT2D eigenvalue weighted by atomic mass is 35.5. The number of hydrogen-bond donors (Lipinski definition) is 1. The number of thiazole rings is 1. The van der Waals surface area contributed by atoms with Crippen LogP contribution in [0.1, 0.15) is 10.4 Å². The van der Waals surface area contributed by atoms with Crippen molar-refractivity contribution in [1.82, 2.24) is 4.98 Å². The van der Waals surface area contributed by atoms with Crippen molar-refractivity contribution in [2.75, 3.05) is 5.32 Å². The van der Waals surface area contributed by atoms with Gasteiger partial charge >= 0.3 is 0 Å². The number of fused-ring (bicyclic) bond motifs is 1. The fraction of sp³-hybridized carbons (Fsp3) is 0. The smallest absolute Gasteiger partial charge is 0.256 e. The van der Waals surface area contributed by atoms with Crippen molar-refractivity contribution in [2.24, 2.45) is 0 Å². The van der Waals surface area contributed by atoms with Crippen LogP contribution in [0.25, 0.3) is 32.6 Å². The number of carbonyl (C=O) groups is 1. The number of benzene rings is 4. The summed E-state index contributed by atoms with van der Waals surface area (Å²) in [5.74, 6) is -0.135. The second-order valence-electron chi connectivity index (χ2n) is 7.08. The summed E-state index contributed by atoms with van der Waals surface area (Å²) in [4.78, 5) is 17.7. The molecule has 1 amide bonds. The number of carbonyl (C=O) groups excluding carboxylic acids is 1. The van der Waals surface area contributed by atoms with Crippen LogP contribution in [0, 0.1) is 0 Å². The van der Waals surface area contributed by atoms with Crippen LogP contribution >= 0.6 is 22.9 Å². The van der Waals surface area contributed by atoms with Gasteiger partial charge in [-0.3, -0.25) is 4.79 Å². The van der Waals surface area contributed by atoms with Gasteiger partial charge in [-0.05, 0) is 35.0 Å². The van der Waals surface area contributed by atoms with Gasteiger partial charge in [0.2, 0.25) is 0 Å². The Morgan fingerprint density at radius 2 is 1.65 bits per heavy atom. The second-order valence-corrected chi connectivity index (χ2v) is 8.34. The summed E-state index contributed by atoms with van der Waals surface area (Å²) in [6, 6.07) is 29.0. The van der Waals surface area contributed by atoms with Gasteiger partial charge in [0.05, 0.1) is 10.7 Å². The number of rotatable bonds is 4. The van der Waals surface area contributed by atoms with Crippen LogP contribution in [0.15, 0.2) is 96.4 Å². The van der Waals surface area contributed by atoms with Crippen LogP contribution in [0.4, 0.5) is 5.69 Å². The minimum atomic E-state index is -0.135. The Bertz CT molecular complexity index is 1400. The zero-order valence-electron chi connectivity index (χ0n) is 16.4. The molecule has 1 heterocycles. The first-order valence-electron chi connectivity index (χ1n) is 9.79. The maximum Gasteiger partial charge on any atom is 0.256 e. The molecule has 3 nitrogen and oxygen atoms in total. The van der Waals surface area contributed by atoms with Crippen molar-refractivity contribution in [1.29, 1.82) is 0 Å². The third-order valence-electron chi connectivity index (χ3n) is 5.06. The van der Waals surface area contributed by atoms with Gasteiger partial charge in [-0.1, -0.05) is 78.3 Å². The van der Waals surface area contributed by atoms with Gasteiger partial charge in [0.1, 0.15) is 5.01 Å². The number of amides is 1. The normalized spacial score (nSPS) is 10.9. The Morgan fingerprint density at radius 3 is 2.55 bits per heavy atom. The zero-order valence-corrected chi connectivity index (χ0v) is 18.0. The summed E-state index contributed by atoms with van der Waals surface area (Å²) in [6.45, 7) is 0. The van der Waals surface area contributed by atoms with Crippen LogP contribution < -0.4 is 5.32 Å². The van der Waals surface area contributed by atoms with E-state index in [1.807, 2.05) is 96.4 Å². The van der Waals surface area contributed by atoms with Crippen molar-refractivity contribution in [2.45, 2.75) is 0 Å². The van der Waals surface area contributed by atoms with Crippen molar-refractivity contribution in [3.8, 4) is 21.8 Å². The lowest BCUT2D eigenvalue weighted by atomic mass is 10.0. The molecule has 0 radical (unpaired) electrons. The van der Waals surface area contributed by atoms with Gasteiger partial charge in [0.25, 0.3) is 5.91 Å². The molecule has 0 unspecified atom stereocenters. The van der Waals surface area contributed by atoms with Crippen molar-refractivity contribution < 1.29 is 4.79 Å². The van der Waals surface area contributed by atoms with Gasteiger partial charge in [0.15, 0.2) is 0 Å². The van der Waals surface area contributed by atoms with E-state index < -0.39 is 0 Å². The van der Waals surface area contributed by atoms with Gasteiger partial charge < -0.3 is 5.32 Å². The quantitative estimate of drug-likeness (QED) is 0.313. The Balaban J connectivity index is 1.42. The second kappa shape index (κ2) is 8.34. The number of anilines is 1. The molecule has 0 spiro atoms. The molecular weight excluding hydrogens is 424 g/mol. The van der Waals surface area contributed by atoms with Crippen LogP contribution in [-0.2, 0) is 0 Å². The minimum absolute atomic E-state index is 0.135. The lowest BCUT2D eigenvalue weighted by molar-refractivity contribution is 0.102. The maximum atomic E-state index is 13.0. The van der Waals surface area contributed by atoms with Gasteiger partial charge in [-0.2, -0.15) is 0 Å². The molecule has 150 valence electrons. The van der Waals surface area contributed by atoms with Gasteiger partial charge in [-0.25, -0.2) is 4.98 Å². The predicted molar refractivity (Wildman–Crippen MR) is 130 cm³/mol. The average Bonchev–Trinajstić information content (AvgIpc) is 3.29. The molecule has 1 aromatic heterocycles. The lowest BCUT2D eigenvalue weighted by Crippen LogP contribution is -2.12. The Labute approximate surface area is 189 Å². The number of hydrogen-bond acceptors (Lipinski definition) is 3. The summed E-state index contributed by atoms with van der Waals surface area (Å²) in [5.41, 5.74) is 4.08. The van der Waals surface area contributed by atoms with E-state index in [4.69, 9.17) is 16.6 Å². The molecule has 4 aromatic carbocycles. The third-order valence-corrected chi connectivity index (χ3v) is 6.26. The number of halogens is 1. The molecule has 0 aliphatic heterocycles. The highest BCUT2D eigenvalue weighted by Crippen LogP contribution is 2.33. The van der Waals surface area contributed by atoms with E-state index in [1.165, 1.54) is 0 Å². The van der Waals surface area contributed by atoms with Crippen LogP contribution in [0.2, 0.25) is 5.02 Å². The molecule has 5 aromatic rings. The number of nitrogens with zero attached hydrogens (tertiary/aromatic N) is 1. The topological polar surface area (TPSA) is 42.0 Å². The Hall–Kier alpha value is -3.47. The highest BCUT2D eigenvalue weighted by molar-refractivity contribution is 7.13. The molecule has 0 saturated carbocycles. The maximum absolute atomic E-state index is 13.0. The van der Waals surface area contributed by atoms with E-state index in [0.29, 0.717) is 10.6 Å². The molecule has 5 rings (SSSR count). The van der Waals surface area contributed by atoms with E-state index in [0.717, 1.165) is 38.3 Å². The summed E-state index contributed by atoms with van der Waals surface area (Å²) < 4.78 is 0. The largest absolute Gasteiger partial charge is 0.322 e. The van der Waals surface area contributed by atoms with Crippen molar-refractivity contribution in [3.63, 3.8) is 0 Å². The van der Waals surface area contributed by atoms with E-state index in [-0.39, 0.29) is 5.91 Å². The summed E-state index contributed by atoms with van der Waals surface area (Å²) in [7, 11) is 0. The molecule has 1 N–H and O–H groups in total. The SMILES string of the molecule is O=C(Nc1cccc(-c2csc(-c3ccccc3Cl)n2)c1)c1cccc2ccccc12. The summed E-state index contributed by atoms with van der Waals surface area (Å²) in [5, 5.41) is 8.55. The van der Waals surface area contributed by atoms with Crippen LogP contribution in [0.3, 0.4) is 0 Å². The first kappa shape index (κ1) is 19.5. The first-order valence-corrected chi connectivity index (χ1v) is 11.0. The molecule has 0 aliphatic rings. The molecule has 0 saturated heterocycles. The predicted octanol–water partition coefficient (Wildman–Crippen LogP) is 7.54. The molecule has 0 fully saturated rings.